The lowest BCUT2D eigenvalue weighted by Gasteiger charge is -2.17. The predicted octanol–water partition coefficient (Wildman–Crippen LogP) is 6.11. The molecule has 6 aromatic rings. The van der Waals surface area contributed by atoms with Gasteiger partial charge in [0, 0.05) is 44.9 Å². The molecule has 9 nitrogen and oxygen atoms in total. The van der Waals surface area contributed by atoms with E-state index in [2.05, 4.69) is 30.5 Å². The van der Waals surface area contributed by atoms with Crippen LogP contribution < -0.4 is 5.56 Å². The van der Waals surface area contributed by atoms with Crippen LogP contribution in [0.25, 0.3) is 39.0 Å². The molecule has 3 atom stereocenters. The van der Waals surface area contributed by atoms with Gasteiger partial charge in [-0.15, -0.1) is 5.10 Å². The Morgan fingerprint density at radius 1 is 1.10 bits per heavy atom. The van der Waals surface area contributed by atoms with Crippen LogP contribution in [0.4, 0.5) is 13.2 Å². The molecule has 2 aliphatic rings. The summed E-state index contributed by atoms with van der Waals surface area (Å²) < 4.78 is 44.5. The summed E-state index contributed by atoms with van der Waals surface area (Å²) in [5, 5.41) is 16.0. The highest BCUT2D eigenvalue weighted by atomic mass is 35.5. The van der Waals surface area contributed by atoms with Crippen molar-refractivity contribution in [3.05, 3.63) is 99.0 Å². The maximum absolute atomic E-state index is 15.2. The van der Waals surface area contributed by atoms with E-state index in [1.54, 1.807) is 34.9 Å². The summed E-state index contributed by atoms with van der Waals surface area (Å²) >= 11 is 6.31. The molecule has 0 amide bonds. The third-order valence-electron chi connectivity index (χ3n) is 8.23. The Bertz CT molecular complexity index is 2110. The summed E-state index contributed by atoms with van der Waals surface area (Å²) in [5.41, 5.74) is 4.00. The largest absolute Gasteiger partial charge is 0.317 e. The molecule has 0 saturated heterocycles. The van der Waals surface area contributed by atoms with Crippen LogP contribution in [-0.2, 0) is 0 Å². The van der Waals surface area contributed by atoms with Crippen molar-refractivity contribution >= 4 is 22.5 Å². The monoisotopic (exact) mass is 588 g/mol. The number of nitrogens with one attached hydrogen (secondary N) is 2. The van der Waals surface area contributed by atoms with Crippen LogP contribution in [0.5, 0.6) is 0 Å². The molecule has 13 heteroatoms. The van der Waals surface area contributed by atoms with Gasteiger partial charge >= 0.3 is 0 Å². The van der Waals surface area contributed by atoms with Gasteiger partial charge in [0.25, 0.3) is 12.0 Å². The Morgan fingerprint density at radius 2 is 1.95 bits per heavy atom. The van der Waals surface area contributed by atoms with Crippen LogP contribution in [0.1, 0.15) is 47.7 Å². The molecular formula is C29H20ClF3N8O. The molecule has 2 N–H and O–H groups in total. The summed E-state index contributed by atoms with van der Waals surface area (Å²) in [6.07, 6.45) is -0.793. The van der Waals surface area contributed by atoms with Crippen molar-refractivity contribution in [1.29, 1.82) is 0 Å². The third-order valence-corrected chi connectivity index (χ3v) is 8.46. The van der Waals surface area contributed by atoms with E-state index >= 15 is 4.39 Å². The number of imidazole rings is 1. The number of rotatable bonds is 5. The number of hydrogen-bond donors (Lipinski definition) is 2. The maximum atomic E-state index is 15.2. The molecule has 0 radical (unpaired) electrons. The zero-order valence-electron chi connectivity index (χ0n) is 21.8. The quantitative estimate of drug-likeness (QED) is 0.253. The summed E-state index contributed by atoms with van der Waals surface area (Å²) in [5.74, 6) is -0.00774. The molecule has 210 valence electrons. The van der Waals surface area contributed by atoms with E-state index in [1.807, 2.05) is 19.1 Å². The molecule has 1 aliphatic carbocycles. The second-order valence-electron chi connectivity index (χ2n) is 10.7. The normalized spacial score (nSPS) is 19.0. The highest BCUT2D eigenvalue weighted by molar-refractivity contribution is 6.31. The zero-order valence-corrected chi connectivity index (χ0v) is 22.6. The molecule has 1 saturated carbocycles. The van der Waals surface area contributed by atoms with Gasteiger partial charge < -0.3 is 9.55 Å². The van der Waals surface area contributed by atoms with E-state index in [0.717, 1.165) is 29.4 Å². The first kappa shape index (κ1) is 25.0. The lowest BCUT2D eigenvalue weighted by molar-refractivity contribution is 0.146. The molecule has 1 fully saturated rings. The number of aryl methyl sites for hydroxylation is 1. The minimum absolute atomic E-state index is 0.0885. The third kappa shape index (κ3) is 3.74. The highest BCUT2D eigenvalue weighted by Crippen LogP contribution is 2.60. The number of aromatic nitrogens is 8. The van der Waals surface area contributed by atoms with E-state index < -0.39 is 24.1 Å². The second-order valence-corrected chi connectivity index (χ2v) is 11.2. The molecular weight excluding hydrogens is 569 g/mol. The number of benzene rings is 2. The topological polar surface area (TPSA) is 110 Å². The van der Waals surface area contributed by atoms with Gasteiger partial charge in [-0.25, -0.2) is 18.4 Å². The van der Waals surface area contributed by atoms with Crippen LogP contribution in [0.3, 0.4) is 0 Å². The van der Waals surface area contributed by atoms with Gasteiger partial charge in [-0.05, 0) is 55.2 Å². The van der Waals surface area contributed by atoms with E-state index in [9.17, 15) is 13.6 Å². The van der Waals surface area contributed by atoms with Crippen LogP contribution in [0, 0.1) is 18.8 Å². The molecule has 5 heterocycles. The van der Waals surface area contributed by atoms with Crippen molar-refractivity contribution in [2.45, 2.75) is 31.7 Å². The standard InChI is InChI=1S/C29H20ClF3N8O/c1-12-16-4-2-13(6-20(16)37-36-12)25-28(33)35-29(34-25)26-19-10-18(19)23-7-14(8-24(42)41(23)26)17-9-15(30)3-5-22(17)40-11-21(27(31)32)38-39-40/h2-9,11,18-19,26-27H,10H2,1H3,(H,34,35)(H,36,37). The van der Waals surface area contributed by atoms with Crippen molar-refractivity contribution in [1.82, 2.24) is 39.7 Å². The summed E-state index contributed by atoms with van der Waals surface area (Å²) in [7, 11) is 0. The highest BCUT2D eigenvalue weighted by Gasteiger charge is 2.54. The average molecular weight is 589 g/mol. The van der Waals surface area contributed by atoms with Crippen molar-refractivity contribution in [2.75, 3.05) is 0 Å². The number of aromatic amines is 2. The van der Waals surface area contributed by atoms with Crippen molar-refractivity contribution in [3.63, 3.8) is 0 Å². The Morgan fingerprint density at radius 3 is 2.76 bits per heavy atom. The molecule has 3 unspecified atom stereocenters. The van der Waals surface area contributed by atoms with Gasteiger partial charge in [0.1, 0.15) is 17.2 Å². The first-order valence-electron chi connectivity index (χ1n) is 13.2. The summed E-state index contributed by atoms with van der Waals surface area (Å²) in [4.78, 5) is 21.1. The molecule has 2 aromatic carbocycles. The van der Waals surface area contributed by atoms with Gasteiger partial charge in [-0.1, -0.05) is 28.9 Å². The Kier molecular flexibility index (Phi) is 5.30. The lowest BCUT2D eigenvalue weighted by Crippen LogP contribution is -2.26. The number of H-pyrrole nitrogens is 2. The van der Waals surface area contributed by atoms with Gasteiger partial charge in [0.2, 0.25) is 5.95 Å². The van der Waals surface area contributed by atoms with Crippen LogP contribution in [-0.4, -0.2) is 39.7 Å². The van der Waals surface area contributed by atoms with Crippen LogP contribution in [0.2, 0.25) is 5.02 Å². The van der Waals surface area contributed by atoms with Gasteiger partial charge in [0.05, 0.1) is 23.4 Å². The minimum atomic E-state index is -2.77. The zero-order chi connectivity index (χ0) is 28.9. The van der Waals surface area contributed by atoms with E-state index in [1.165, 1.54) is 10.7 Å². The van der Waals surface area contributed by atoms with Crippen LogP contribution in [0.15, 0.2) is 59.5 Å². The van der Waals surface area contributed by atoms with Gasteiger partial charge in [-0.2, -0.15) is 9.49 Å². The fraction of sp³-hybridized carbons (Fsp3) is 0.207. The van der Waals surface area contributed by atoms with Crippen LogP contribution >= 0.6 is 11.6 Å². The number of fused-ring (bicyclic) bond motifs is 4. The van der Waals surface area contributed by atoms with Crippen molar-refractivity contribution < 1.29 is 13.2 Å². The summed E-state index contributed by atoms with van der Waals surface area (Å²) in [6.45, 7) is 1.92. The molecule has 0 spiro atoms. The summed E-state index contributed by atoms with van der Waals surface area (Å²) in [6, 6.07) is 13.3. The number of alkyl halides is 2. The van der Waals surface area contributed by atoms with E-state index in [0.29, 0.717) is 38.7 Å². The molecule has 42 heavy (non-hydrogen) atoms. The Balaban J connectivity index is 1.20. The SMILES string of the molecule is Cc1[nH]nc2cc(-c3nc(C4C5CC5c5cc(-c6cc(Cl)ccc6-n6cc(C(F)F)nn6)cc(=O)n54)[nH]c3F)ccc12. The van der Waals surface area contributed by atoms with Crippen molar-refractivity contribution in [3.8, 4) is 28.1 Å². The van der Waals surface area contributed by atoms with E-state index in [4.69, 9.17) is 11.6 Å². The molecule has 0 bridgehead atoms. The number of pyridine rings is 1. The first-order valence-corrected chi connectivity index (χ1v) is 13.6. The molecule has 4 aromatic heterocycles. The fourth-order valence-corrected chi connectivity index (χ4v) is 6.36. The lowest BCUT2D eigenvalue weighted by atomic mass is 10.0. The maximum Gasteiger partial charge on any atom is 0.283 e. The molecule has 1 aliphatic heterocycles. The fourth-order valence-electron chi connectivity index (χ4n) is 6.19. The molecule has 8 rings (SSSR count). The Hall–Kier alpha value is -4.71. The van der Waals surface area contributed by atoms with E-state index in [-0.39, 0.29) is 23.1 Å². The second kappa shape index (κ2) is 8.89. The first-order chi connectivity index (χ1) is 20.3. The van der Waals surface area contributed by atoms with Crippen molar-refractivity contribution in [2.24, 2.45) is 5.92 Å². The number of nitrogens with zero attached hydrogens (tertiary/aromatic N) is 6. The number of halogens is 4. The number of hydrogen-bond acceptors (Lipinski definition) is 5. The smallest absolute Gasteiger partial charge is 0.283 e. The van der Waals surface area contributed by atoms with Gasteiger partial charge in [0.15, 0.2) is 0 Å². The van der Waals surface area contributed by atoms with Gasteiger partial charge in [-0.3, -0.25) is 9.89 Å². The predicted molar refractivity (Wildman–Crippen MR) is 148 cm³/mol. The Labute approximate surface area is 240 Å². The minimum Gasteiger partial charge on any atom is -0.317 e. The average Bonchev–Trinajstić information content (AvgIpc) is 3.30.